The van der Waals surface area contributed by atoms with Gasteiger partial charge in [-0.05, 0) is 56.0 Å². The zero-order chi connectivity index (χ0) is 20.1. The number of amides is 1. The Morgan fingerprint density at radius 1 is 1.18 bits per heavy atom. The number of sulfonamides is 1. The number of carbonyl (C=O) groups is 1. The van der Waals surface area contributed by atoms with Gasteiger partial charge >= 0.3 is 0 Å². The summed E-state index contributed by atoms with van der Waals surface area (Å²) in [5.41, 5.74) is 1.98. The van der Waals surface area contributed by atoms with Crippen LogP contribution in [0.3, 0.4) is 0 Å². The number of hydrogen-bond acceptors (Lipinski definition) is 5. The minimum atomic E-state index is -3.46. The lowest BCUT2D eigenvalue weighted by molar-refractivity contribution is -0.115. The molecule has 1 saturated heterocycles. The Morgan fingerprint density at radius 2 is 1.86 bits per heavy atom. The third kappa shape index (κ3) is 4.92. The third-order valence-corrected chi connectivity index (χ3v) is 7.64. The molecule has 0 unspecified atom stereocenters. The summed E-state index contributed by atoms with van der Waals surface area (Å²) in [7, 11) is -3.46. The Morgan fingerprint density at radius 3 is 2.43 bits per heavy atom. The smallest absolute Gasteiger partial charge is 0.244 e. The maximum Gasteiger partial charge on any atom is 0.244 e. The van der Waals surface area contributed by atoms with Gasteiger partial charge in [0.15, 0.2) is 0 Å². The summed E-state index contributed by atoms with van der Waals surface area (Å²) in [6.45, 7) is 5.02. The molecule has 0 saturated carbocycles. The van der Waals surface area contributed by atoms with E-state index in [-0.39, 0.29) is 16.1 Å². The van der Waals surface area contributed by atoms with Crippen LogP contribution in [-0.4, -0.2) is 42.0 Å². The highest BCUT2D eigenvalue weighted by atomic mass is 32.2. The van der Waals surface area contributed by atoms with E-state index in [0.29, 0.717) is 18.1 Å². The van der Waals surface area contributed by atoms with Gasteiger partial charge < -0.3 is 5.32 Å². The Labute approximate surface area is 170 Å². The minimum absolute atomic E-state index is 0.121. The summed E-state index contributed by atoms with van der Waals surface area (Å²) >= 11 is 1.30. The molecule has 0 aliphatic carbocycles. The van der Waals surface area contributed by atoms with Crippen LogP contribution in [0.1, 0.15) is 32.3 Å². The van der Waals surface area contributed by atoms with Crippen molar-refractivity contribution in [2.75, 3.05) is 18.4 Å². The van der Waals surface area contributed by atoms with Gasteiger partial charge in [0.05, 0.1) is 10.3 Å². The summed E-state index contributed by atoms with van der Waals surface area (Å²) < 4.78 is 26.6. The normalized spacial score (nSPS) is 16.1. The van der Waals surface area contributed by atoms with Gasteiger partial charge in [0, 0.05) is 25.0 Å². The number of hydrogen-bond donors (Lipinski definition) is 1. The minimum Gasteiger partial charge on any atom is -0.325 e. The fourth-order valence-corrected chi connectivity index (χ4v) is 5.22. The average molecular weight is 420 g/mol. The highest BCUT2D eigenvalue weighted by Gasteiger charge is 2.27. The average Bonchev–Trinajstić information content (AvgIpc) is 3.25. The van der Waals surface area contributed by atoms with Crippen molar-refractivity contribution in [3.05, 3.63) is 48.2 Å². The van der Waals surface area contributed by atoms with Gasteiger partial charge in [-0.25, -0.2) is 13.4 Å². The fourth-order valence-electron chi connectivity index (χ4n) is 2.97. The van der Waals surface area contributed by atoms with E-state index in [1.165, 1.54) is 27.8 Å². The van der Waals surface area contributed by atoms with Gasteiger partial charge in [0.1, 0.15) is 4.90 Å². The topological polar surface area (TPSA) is 79.4 Å². The molecule has 0 spiro atoms. The number of aromatic nitrogens is 1. The van der Waals surface area contributed by atoms with E-state index in [1.54, 1.807) is 19.1 Å². The molecule has 2 aromatic rings. The maximum absolute atomic E-state index is 12.5. The number of nitrogens with one attached hydrogen (secondary N) is 1. The van der Waals surface area contributed by atoms with Crippen LogP contribution in [0.5, 0.6) is 0 Å². The first-order valence-electron chi connectivity index (χ1n) is 9.43. The first-order valence-corrected chi connectivity index (χ1v) is 11.7. The van der Waals surface area contributed by atoms with Gasteiger partial charge in [-0.3, -0.25) is 4.79 Å². The summed E-state index contributed by atoms with van der Waals surface area (Å²) in [4.78, 5) is 16.9. The van der Waals surface area contributed by atoms with E-state index < -0.39 is 10.0 Å². The molecule has 0 bridgehead atoms. The molecule has 1 fully saturated rings. The first kappa shape index (κ1) is 20.8. The number of carbonyl (C=O) groups excluding carboxylic acids is 1. The van der Waals surface area contributed by atoms with Crippen LogP contribution in [0.2, 0.25) is 0 Å². The van der Waals surface area contributed by atoms with Gasteiger partial charge in [-0.1, -0.05) is 30.8 Å². The predicted octanol–water partition coefficient (Wildman–Crippen LogP) is 3.55. The predicted molar refractivity (Wildman–Crippen MR) is 112 cm³/mol. The Balaban J connectivity index is 1.60. The van der Waals surface area contributed by atoms with E-state index in [4.69, 9.17) is 0 Å². The molecule has 6 nitrogen and oxygen atoms in total. The Kier molecular flexibility index (Phi) is 6.74. The molecule has 8 heteroatoms. The van der Waals surface area contributed by atoms with E-state index >= 15 is 0 Å². The molecule has 1 N–H and O–H groups in total. The second-order valence-electron chi connectivity index (χ2n) is 6.74. The van der Waals surface area contributed by atoms with E-state index in [9.17, 15) is 13.2 Å². The SMILES string of the molecule is CCc1ccc(NC(=O)[C@@H](C)Sc2ccc(S(=O)(=O)N3CCCC3)cn2)cc1. The number of nitrogens with zero attached hydrogens (tertiary/aromatic N) is 2. The molecule has 1 aromatic carbocycles. The summed E-state index contributed by atoms with van der Waals surface area (Å²) in [5.74, 6) is -0.121. The quantitative estimate of drug-likeness (QED) is 0.695. The van der Waals surface area contributed by atoms with Crippen LogP contribution in [0.25, 0.3) is 0 Å². The molecule has 1 aliphatic heterocycles. The molecular formula is C20H25N3O3S2. The molecule has 1 amide bonds. The molecule has 1 aromatic heterocycles. The number of thioether (sulfide) groups is 1. The van der Waals surface area contributed by atoms with Crippen molar-refractivity contribution in [1.29, 1.82) is 0 Å². The van der Waals surface area contributed by atoms with Crippen molar-refractivity contribution >= 4 is 33.4 Å². The molecule has 0 radical (unpaired) electrons. The second kappa shape index (κ2) is 9.07. The lowest BCUT2D eigenvalue weighted by Crippen LogP contribution is -2.28. The maximum atomic E-state index is 12.5. The molecule has 150 valence electrons. The van der Waals surface area contributed by atoms with Crippen LogP contribution in [0, 0.1) is 0 Å². The van der Waals surface area contributed by atoms with Gasteiger partial charge in [0.2, 0.25) is 15.9 Å². The summed E-state index contributed by atoms with van der Waals surface area (Å²) in [6, 6.07) is 11.0. The third-order valence-electron chi connectivity index (χ3n) is 4.71. The molecule has 3 rings (SSSR count). The summed E-state index contributed by atoms with van der Waals surface area (Å²) in [6.07, 6.45) is 4.13. The van der Waals surface area contributed by atoms with Crippen molar-refractivity contribution in [1.82, 2.24) is 9.29 Å². The fraction of sp³-hybridized carbons (Fsp3) is 0.400. The van der Waals surface area contributed by atoms with Crippen molar-refractivity contribution in [3.63, 3.8) is 0 Å². The number of benzene rings is 1. The first-order chi connectivity index (χ1) is 13.4. The zero-order valence-electron chi connectivity index (χ0n) is 16.1. The van der Waals surface area contributed by atoms with Crippen LogP contribution in [0.15, 0.2) is 52.5 Å². The number of pyridine rings is 1. The van der Waals surface area contributed by atoms with E-state index in [2.05, 4.69) is 17.2 Å². The Bertz CT molecular complexity index is 907. The lowest BCUT2D eigenvalue weighted by atomic mass is 10.1. The van der Waals surface area contributed by atoms with Crippen LogP contribution in [-0.2, 0) is 21.2 Å². The lowest BCUT2D eigenvalue weighted by Gasteiger charge is -2.15. The van der Waals surface area contributed by atoms with Crippen molar-refractivity contribution in [2.45, 2.75) is 48.3 Å². The van der Waals surface area contributed by atoms with Crippen molar-refractivity contribution < 1.29 is 13.2 Å². The van der Waals surface area contributed by atoms with Gasteiger partial charge in [-0.2, -0.15) is 4.31 Å². The van der Waals surface area contributed by atoms with Gasteiger partial charge in [-0.15, -0.1) is 0 Å². The van der Waals surface area contributed by atoms with Crippen molar-refractivity contribution in [3.8, 4) is 0 Å². The van der Waals surface area contributed by atoms with E-state index in [0.717, 1.165) is 24.9 Å². The van der Waals surface area contributed by atoms with Gasteiger partial charge in [0.25, 0.3) is 0 Å². The number of anilines is 1. The summed E-state index contributed by atoms with van der Waals surface area (Å²) in [5, 5.41) is 3.15. The number of rotatable bonds is 7. The second-order valence-corrected chi connectivity index (χ2v) is 10.0. The number of aryl methyl sites for hydroxylation is 1. The Hall–Kier alpha value is -1.90. The van der Waals surface area contributed by atoms with E-state index in [1.807, 2.05) is 24.3 Å². The van der Waals surface area contributed by atoms with Crippen LogP contribution >= 0.6 is 11.8 Å². The van der Waals surface area contributed by atoms with Crippen LogP contribution < -0.4 is 5.32 Å². The monoisotopic (exact) mass is 419 g/mol. The molecular weight excluding hydrogens is 394 g/mol. The highest BCUT2D eigenvalue weighted by Crippen LogP contribution is 2.25. The molecule has 2 heterocycles. The highest BCUT2D eigenvalue weighted by molar-refractivity contribution is 8.00. The standard InChI is InChI=1S/C20H25N3O3S2/c1-3-16-6-8-17(9-7-16)22-20(24)15(2)27-19-11-10-18(14-21-19)28(25,26)23-12-4-5-13-23/h6-11,14-15H,3-5,12-13H2,1-2H3,(H,22,24)/t15-/m1/s1. The van der Waals surface area contributed by atoms with Crippen LogP contribution in [0.4, 0.5) is 5.69 Å². The molecule has 1 aliphatic rings. The molecule has 28 heavy (non-hydrogen) atoms. The van der Waals surface area contributed by atoms with Crippen molar-refractivity contribution in [2.24, 2.45) is 0 Å². The molecule has 1 atom stereocenters. The largest absolute Gasteiger partial charge is 0.325 e. The zero-order valence-corrected chi connectivity index (χ0v) is 17.7.